The van der Waals surface area contributed by atoms with E-state index in [2.05, 4.69) is 28.1 Å². The van der Waals surface area contributed by atoms with E-state index >= 15 is 0 Å². The lowest BCUT2D eigenvalue weighted by molar-refractivity contribution is -0.131. The van der Waals surface area contributed by atoms with Crippen LogP contribution in [-0.2, 0) is 11.2 Å². The number of hydrogen-bond donors (Lipinski definition) is 2. The topological polar surface area (TPSA) is 69.2 Å². The van der Waals surface area contributed by atoms with Gasteiger partial charge in [-0.2, -0.15) is 0 Å². The van der Waals surface area contributed by atoms with E-state index < -0.39 is 5.97 Å². The maximum Gasteiger partial charge on any atom is 0.328 e. The Balaban J connectivity index is 0.00000210. The average molecular weight is 384 g/mol. The highest BCUT2D eigenvalue weighted by Crippen LogP contribution is 2.24. The Morgan fingerprint density at radius 3 is 2.59 bits per heavy atom. The van der Waals surface area contributed by atoms with Gasteiger partial charge in [-0.1, -0.05) is 24.3 Å². The molecular formula is C21H22ClN3O2. The highest BCUT2D eigenvalue weighted by Gasteiger charge is 2.13. The van der Waals surface area contributed by atoms with Crippen molar-refractivity contribution >= 4 is 41.2 Å². The number of fused-ring (bicyclic) bond motifs is 1. The number of halogens is 1. The van der Waals surface area contributed by atoms with Crippen LogP contribution in [-0.4, -0.2) is 34.1 Å². The maximum atomic E-state index is 10.6. The van der Waals surface area contributed by atoms with Gasteiger partial charge in [0.15, 0.2) is 0 Å². The smallest absolute Gasteiger partial charge is 0.328 e. The molecule has 1 aliphatic rings. The molecule has 2 aromatic carbocycles. The number of benzene rings is 2. The summed E-state index contributed by atoms with van der Waals surface area (Å²) >= 11 is 0. The van der Waals surface area contributed by atoms with Gasteiger partial charge < -0.3 is 15.0 Å². The van der Waals surface area contributed by atoms with Crippen LogP contribution in [0.5, 0.6) is 0 Å². The minimum atomic E-state index is -0.940. The molecule has 0 aliphatic carbocycles. The SMILES string of the molecule is Cl.O=C(O)/C=C/c1ccc(Cc2nc3ccc(N4CCCC4)cc3[nH]2)cc1. The third-order valence-electron chi connectivity index (χ3n) is 4.76. The third kappa shape index (κ3) is 4.49. The molecule has 0 spiro atoms. The first-order valence-corrected chi connectivity index (χ1v) is 8.91. The largest absolute Gasteiger partial charge is 0.478 e. The van der Waals surface area contributed by atoms with E-state index in [0.717, 1.165) is 53.6 Å². The number of hydrogen-bond acceptors (Lipinski definition) is 3. The zero-order valence-corrected chi connectivity index (χ0v) is 15.7. The molecule has 0 bridgehead atoms. The van der Waals surface area contributed by atoms with Crippen LogP contribution in [0.15, 0.2) is 48.5 Å². The number of rotatable bonds is 5. The number of carboxylic acids is 1. The molecule has 2 heterocycles. The number of H-pyrrole nitrogens is 1. The van der Waals surface area contributed by atoms with Crippen LogP contribution in [0.1, 0.15) is 29.8 Å². The van der Waals surface area contributed by atoms with Gasteiger partial charge in [-0.05, 0) is 48.2 Å². The first-order valence-electron chi connectivity index (χ1n) is 8.91. The first kappa shape index (κ1) is 19.0. The molecule has 3 aromatic rings. The van der Waals surface area contributed by atoms with E-state index in [1.165, 1.54) is 18.5 Å². The van der Waals surface area contributed by atoms with E-state index in [9.17, 15) is 4.79 Å². The summed E-state index contributed by atoms with van der Waals surface area (Å²) in [7, 11) is 0. The van der Waals surface area contributed by atoms with Gasteiger partial charge in [0, 0.05) is 31.3 Å². The first-order chi connectivity index (χ1) is 12.7. The molecule has 5 nitrogen and oxygen atoms in total. The summed E-state index contributed by atoms with van der Waals surface area (Å²) in [6.07, 6.45) is 5.99. The molecule has 0 atom stereocenters. The summed E-state index contributed by atoms with van der Waals surface area (Å²) in [5.74, 6) is -0.00273. The monoisotopic (exact) mass is 383 g/mol. The second kappa shape index (κ2) is 8.27. The zero-order chi connectivity index (χ0) is 17.9. The number of anilines is 1. The second-order valence-corrected chi connectivity index (χ2v) is 6.67. The summed E-state index contributed by atoms with van der Waals surface area (Å²) in [6.45, 7) is 2.27. The molecule has 4 rings (SSSR count). The number of aromatic nitrogens is 2. The van der Waals surface area contributed by atoms with Crippen LogP contribution in [0.2, 0.25) is 0 Å². The van der Waals surface area contributed by atoms with Gasteiger partial charge in [-0.25, -0.2) is 9.78 Å². The Labute approximate surface area is 164 Å². The summed E-state index contributed by atoms with van der Waals surface area (Å²) in [4.78, 5) is 21.1. The number of aromatic amines is 1. The molecular weight excluding hydrogens is 362 g/mol. The lowest BCUT2D eigenvalue weighted by Gasteiger charge is -2.17. The predicted molar refractivity (Wildman–Crippen MR) is 111 cm³/mol. The molecule has 6 heteroatoms. The molecule has 27 heavy (non-hydrogen) atoms. The fraction of sp³-hybridized carbons (Fsp3) is 0.238. The molecule has 0 unspecified atom stereocenters. The van der Waals surface area contributed by atoms with Crippen molar-refractivity contribution in [3.05, 3.63) is 65.5 Å². The maximum absolute atomic E-state index is 10.6. The van der Waals surface area contributed by atoms with Crippen molar-refractivity contribution in [2.45, 2.75) is 19.3 Å². The number of aliphatic carboxylic acids is 1. The van der Waals surface area contributed by atoms with Crippen LogP contribution in [0.3, 0.4) is 0 Å². The van der Waals surface area contributed by atoms with Gasteiger partial charge in [-0.3, -0.25) is 0 Å². The second-order valence-electron chi connectivity index (χ2n) is 6.67. The van der Waals surface area contributed by atoms with Crippen molar-refractivity contribution in [2.75, 3.05) is 18.0 Å². The minimum Gasteiger partial charge on any atom is -0.478 e. The Morgan fingerprint density at radius 1 is 1.15 bits per heavy atom. The van der Waals surface area contributed by atoms with Crippen molar-refractivity contribution in [2.24, 2.45) is 0 Å². The average Bonchev–Trinajstić information content (AvgIpc) is 3.29. The molecule has 0 amide bonds. The van der Waals surface area contributed by atoms with Crippen LogP contribution >= 0.6 is 12.4 Å². The van der Waals surface area contributed by atoms with Crippen molar-refractivity contribution < 1.29 is 9.90 Å². The summed E-state index contributed by atoms with van der Waals surface area (Å²) < 4.78 is 0. The zero-order valence-electron chi connectivity index (χ0n) is 14.9. The third-order valence-corrected chi connectivity index (χ3v) is 4.76. The van der Waals surface area contributed by atoms with Crippen LogP contribution in [0.25, 0.3) is 17.1 Å². The standard InChI is InChI=1S/C21H21N3O2.ClH/c25-21(26)10-7-15-3-5-16(6-4-15)13-20-22-18-9-8-17(14-19(18)23-20)24-11-1-2-12-24;/h3-10,14H,1-2,11-13H2,(H,22,23)(H,25,26);1H/b10-7+;. The minimum absolute atomic E-state index is 0. The molecule has 1 saturated heterocycles. The normalized spacial score (nSPS) is 14.0. The van der Waals surface area contributed by atoms with Gasteiger partial charge in [-0.15, -0.1) is 12.4 Å². The highest BCUT2D eigenvalue weighted by atomic mass is 35.5. The molecule has 2 N–H and O–H groups in total. The van der Waals surface area contributed by atoms with E-state index in [4.69, 9.17) is 10.1 Å². The van der Waals surface area contributed by atoms with Crippen LogP contribution in [0.4, 0.5) is 5.69 Å². The van der Waals surface area contributed by atoms with E-state index in [1.54, 1.807) is 6.08 Å². The van der Waals surface area contributed by atoms with Gasteiger partial charge >= 0.3 is 5.97 Å². The Kier molecular flexibility index (Phi) is 5.81. The predicted octanol–water partition coefficient (Wildman–Crippen LogP) is 4.27. The van der Waals surface area contributed by atoms with Gasteiger partial charge in [0.2, 0.25) is 0 Å². The van der Waals surface area contributed by atoms with Gasteiger partial charge in [0.05, 0.1) is 11.0 Å². The number of nitrogens with zero attached hydrogens (tertiary/aromatic N) is 2. The molecule has 0 saturated carbocycles. The van der Waals surface area contributed by atoms with E-state index in [-0.39, 0.29) is 12.4 Å². The lowest BCUT2D eigenvalue weighted by atomic mass is 10.1. The Hall–Kier alpha value is -2.79. The summed E-state index contributed by atoms with van der Waals surface area (Å²) in [5.41, 5.74) is 5.33. The quantitative estimate of drug-likeness (QED) is 0.645. The summed E-state index contributed by atoms with van der Waals surface area (Å²) in [6, 6.07) is 14.3. The lowest BCUT2D eigenvalue weighted by Crippen LogP contribution is -2.17. The van der Waals surface area contributed by atoms with Crippen molar-refractivity contribution in [1.29, 1.82) is 0 Å². The van der Waals surface area contributed by atoms with E-state index in [1.807, 2.05) is 24.3 Å². The molecule has 1 aromatic heterocycles. The number of imidazole rings is 1. The van der Waals surface area contributed by atoms with Crippen molar-refractivity contribution in [3.8, 4) is 0 Å². The Bertz CT molecular complexity index is 957. The molecule has 140 valence electrons. The highest BCUT2D eigenvalue weighted by molar-refractivity contribution is 5.85. The molecule has 1 fully saturated rings. The van der Waals surface area contributed by atoms with E-state index in [0.29, 0.717) is 0 Å². The van der Waals surface area contributed by atoms with Crippen molar-refractivity contribution in [3.63, 3.8) is 0 Å². The number of carbonyl (C=O) groups is 1. The van der Waals surface area contributed by atoms with Gasteiger partial charge in [0.1, 0.15) is 5.82 Å². The fourth-order valence-electron chi connectivity index (χ4n) is 3.41. The molecule has 1 aliphatic heterocycles. The van der Waals surface area contributed by atoms with Crippen molar-refractivity contribution in [1.82, 2.24) is 9.97 Å². The molecule has 0 radical (unpaired) electrons. The Morgan fingerprint density at radius 2 is 1.89 bits per heavy atom. The van der Waals surface area contributed by atoms with Crippen LogP contribution in [0, 0.1) is 0 Å². The number of carboxylic acid groups (broad SMARTS) is 1. The summed E-state index contributed by atoms with van der Waals surface area (Å²) in [5, 5.41) is 8.68. The van der Waals surface area contributed by atoms with Gasteiger partial charge in [0.25, 0.3) is 0 Å². The fourth-order valence-corrected chi connectivity index (χ4v) is 3.41. The van der Waals surface area contributed by atoms with Crippen LogP contribution < -0.4 is 4.90 Å². The number of nitrogens with one attached hydrogen (secondary N) is 1.